The van der Waals surface area contributed by atoms with Gasteiger partial charge in [-0.25, -0.2) is 0 Å². The zero-order chi connectivity index (χ0) is 10.8. The number of halogens is 4. The summed E-state index contributed by atoms with van der Waals surface area (Å²) >= 11 is 0. The minimum atomic E-state index is -4.33. The van der Waals surface area contributed by atoms with Crippen LogP contribution in [0.25, 0.3) is 0 Å². The van der Waals surface area contributed by atoms with Gasteiger partial charge in [0.25, 0.3) is 0 Å². The van der Waals surface area contributed by atoms with Gasteiger partial charge >= 0.3 is 12.1 Å². The summed E-state index contributed by atoms with van der Waals surface area (Å²) in [6.07, 6.45) is -4.33. The van der Waals surface area contributed by atoms with E-state index in [1.807, 2.05) is 0 Å². The number of hydrogen-bond donors (Lipinski definition) is 1. The second-order valence-electron chi connectivity index (χ2n) is 3.16. The van der Waals surface area contributed by atoms with Crippen LogP contribution in [0.15, 0.2) is 0 Å². The summed E-state index contributed by atoms with van der Waals surface area (Å²) in [6, 6.07) is 0. The van der Waals surface area contributed by atoms with Crippen molar-refractivity contribution in [3.63, 3.8) is 0 Å². The van der Waals surface area contributed by atoms with Gasteiger partial charge in [-0.15, -0.1) is 12.4 Å². The summed E-state index contributed by atoms with van der Waals surface area (Å²) < 4.78 is 41.7. The minimum absolute atomic E-state index is 0. The molecule has 1 N–H and O–H groups in total. The summed E-state index contributed by atoms with van der Waals surface area (Å²) in [5, 5.41) is 2.55. The van der Waals surface area contributed by atoms with E-state index in [-0.39, 0.29) is 32.1 Å². The molecule has 1 aliphatic rings. The van der Waals surface area contributed by atoms with Crippen molar-refractivity contribution < 1.29 is 22.7 Å². The van der Waals surface area contributed by atoms with E-state index in [2.05, 4.69) is 10.1 Å². The van der Waals surface area contributed by atoms with Gasteiger partial charge in [0.15, 0.2) is 0 Å². The van der Waals surface area contributed by atoms with Gasteiger partial charge in [-0.2, -0.15) is 13.2 Å². The normalized spacial score (nSPS) is 25.9. The Hall–Kier alpha value is -0.490. The van der Waals surface area contributed by atoms with Crippen LogP contribution in [0.4, 0.5) is 13.2 Å². The van der Waals surface area contributed by atoms with Gasteiger partial charge in [0, 0.05) is 13.1 Å². The van der Waals surface area contributed by atoms with E-state index < -0.39 is 24.0 Å². The summed E-state index contributed by atoms with van der Waals surface area (Å²) in [5.41, 5.74) is 0. The zero-order valence-electron chi connectivity index (χ0n) is 8.13. The molecule has 1 fully saturated rings. The molecule has 0 aromatic rings. The van der Waals surface area contributed by atoms with Crippen LogP contribution in [0, 0.1) is 11.8 Å². The van der Waals surface area contributed by atoms with Crippen LogP contribution in [0.5, 0.6) is 0 Å². The fourth-order valence-corrected chi connectivity index (χ4v) is 1.52. The molecule has 0 aromatic carbocycles. The van der Waals surface area contributed by atoms with Gasteiger partial charge in [0.1, 0.15) is 0 Å². The predicted octanol–water partition coefficient (Wildman–Crippen LogP) is 1.37. The summed E-state index contributed by atoms with van der Waals surface area (Å²) in [4.78, 5) is 11.1. The van der Waals surface area contributed by atoms with Crippen molar-refractivity contribution in [3.8, 4) is 0 Å². The Morgan fingerprint density at radius 1 is 1.47 bits per heavy atom. The van der Waals surface area contributed by atoms with Crippen LogP contribution in [0.3, 0.4) is 0 Å². The number of carbonyl (C=O) groups is 1. The van der Waals surface area contributed by atoms with Crippen molar-refractivity contribution in [2.24, 2.45) is 11.8 Å². The molecule has 3 nitrogen and oxygen atoms in total. The Morgan fingerprint density at radius 3 is 2.53 bits per heavy atom. The first-order chi connectivity index (χ1) is 6.46. The van der Waals surface area contributed by atoms with Crippen molar-refractivity contribution in [2.45, 2.75) is 13.1 Å². The van der Waals surface area contributed by atoms with Crippen molar-refractivity contribution in [1.82, 2.24) is 5.32 Å². The summed E-state index contributed by atoms with van der Waals surface area (Å²) in [6.45, 7) is 1.53. The Morgan fingerprint density at radius 2 is 2.07 bits per heavy atom. The molecule has 0 aliphatic carbocycles. The molecule has 0 radical (unpaired) electrons. The minimum Gasteiger partial charge on any atom is -0.466 e. The highest BCUT2D eigenvalue weighted by molar-refractivity contribution is 5.85. The Labute approximate surface area is 91.8 Å². The molecule has 1 heterocycles. The third-order valence-electron chi connectivity index (χ3n) is 2.22. The quantitative estimate of drug-likeness (QED) is 0.749. The Kier molecular flexibility index (Phi) is 5.37. The average molecular weight is 248 g/mol. The fourth-order valence-electron chi connectivity index (χ4n) is 1.52. The van der Waals surface area contributed by atoms with Crippen molar-refractivity contribution >= 4 is 18.4 Å². The number of hydrogen-bond acceptors (Lipinski definition) is 3. The third kappa shape index (κ3) is 3.53. The van der Waals surface area contributed by atoms with Gasteiger partial charge in [0.2, 0.25) is 0 Å². The van der Waals surface area contributed by atoms with Crippen LogP contribution in [-0.4, -0.2) is 31.8 Å². The molecular weight excluding hydrogens is 235 g/mol. The smallest absolute Gasteiger partial charge is 0.393 e. The van der Waals surface area contributed by atoms with E-state index in [1.165, 1.54) is 0 Å². The number of ether oxygens (including phenoxy) is 1. The number of nitrogens with one attached hydrogen (secondary N) is 1. The molecule has 1 saturated heterocycles. The van der Waals surface area contributed by atoms with Gasteiger partial charge < -0.3 is 10.1 Å². The van der Waals surface area contributed by atoms with Gasteiger partial charge in [0.05, 0.1) is 18.4 Å². The monoisotopic (exact) mass is 247 g/mol. The van der Waals surface area contributed by atoms with Crippen LogP contribution in [0.2, 0.25) is 0 Å². The molecular formula is C8H13ClF3NO2. The number of carbonyl (C=O) groups excluding carboxylic acids is 1. The first kappa shape index (κ1) is 14.5. The molecule has 0 saturated carbocycles. The largest absolute Gasteiger partial charge is 0.466 e. The lowest BCUT2D eigenvalue weighted by atomic mass is 9.96. The highest BCUT2D eigenvalue weighted by Gasteiger charge is 2.50. The van der Waals surface area contributed by atoms with E-state index in [4.69, 9.17) is 0 Å². The molecule has 0 aromatic heterocycles. The lowest BCUT2D eigenvalue weighted by molar-refractivity contribution is -0.189. The topological polar surface area (TPSA) is 38.3 Å². The first-order valence-corrected chi connectivity index (χ1v) is 4.41. The lowest BCUT2D eigenvalue weighted by Gasteiger charge is -2.19. The second-order valence-corrected chi connectivity index (χ2v) is 3.16. The number of rotatable bonds is 2. The van der Waals surface area contributed by atoms with Crippen LogP contribution < -0.4 is 5.32 Å². The highest BCUT2D eigenvalue weighted by Crippen LogP contribution is 2.34. The molecule has 0 unspecified atom stereocenters. The van der Waals surface area contributed by atoms with Crippen molar-refractivity contribution in [3.05, 3.63) is 0 Å². The molecule has 0 amide bonds. The summed E-state index contributed by atoms with van der Waals surface area (Å²) in [7, 11) is 0. The SMILES string of the molecule is CCOC(=O)[C@@H]1CNC[C@@H]1C(F)(F)F.Cl. The highest BCUT2D eigenvalue weighted by atomic mass is 35.5. The molecule has 1 rings (SSSR count). The molecule has 15 heavy (non-hydrogen) atoms. The first-order valence-electron chi connectivity index (χ1n) is 4.41. The van der Waals surface area contributed by atoms with Crippen LogP contribution >= 0.6 is 12.4 Å². The van der Waals surface area contributed by atoms with E-state index in [0.29, 0.717) is 0 Å². The fraction of sp³-hybridized carbons (Fsp3) is 0.875. The molecule has 1 aliphatic heterocycles. The van der Waals surface area contributed by atoms with Gasteiger partial charge in [-0.1, -0.05) is 0 Å². The number of esters is 1. The van der Waals surface area contributed by atoms with Crippen LogP contribution in [0.1, 0.15) is 6.92 Å². The maximum Gasteiger partial charge on any atom is 0.393 e. The predicted molar refractivity (Wildman–Crippen MR) is 49.8 cm³/mol. The summed E-state index contributed by atoms with van der Waals surface area (Å²) in [5.74, 6) is -3.46. The van der Waals surface area contributed by atoms with Gasteiger partial charge in [-0.3, -0.25) is 4.79 Å². The number of alkyl halides is 3. The standard InChI is InChI=1S/C8H12F3NO2.ClH/c1-2-14-7(13)5-3-12-4-6(5)8(9,10)11;/h5-6,12H,2-4H2,1H3;1H/t5-,6+;/m1./s1. The lowest BCUT2D eigenvalue weighted by Crippen LogP contribution is -2.34. The average Bonchev–Trinajstić information content (AvgIpc) is 2.50. The third-order valence-corrected chi connectivity index (χ3v) is 2.22. The zero-order valence-corrected chi connectivity index (χ0v) is 8.95. The van der Waals surface area contributed by atoms with E-state index in [1.54, 1.807) is 6.92 Å². The van der Waals surface area contributed by atoms with E-state index in [0.717, 1.165) is 0 Å². The molecule has 90 valence electrons. The van der Waals surface area contributed by atoms with E-state index in [9.17, 15) is 18.0 Å². The maximum atomic E-state index is 12.4. The molecule has 0 spiro atoms. The maximum absolute atomic E-state index is 12.4. The van der Waals surface area contributed by atoms with Crippen molar-refractivity contribution in [2.75, 3.05) is 19.7 Å². The van der Waals surface area contributed by atoms with E-state index >= 15 is 0 Å². The Balaban J connectivity index is 0.00000196. The molecule has 7 heteroatoms. The van der Waals surface area contributed by atoms with Crippen LogP contribution in [-0.2, 0) is 9.53 Å². The van der Waals surface area contributed by atoms with Crippen molar-refractivity contribution in [1.29, 1.82) is 0 Å². The molecule has 0 bridgehead atoms. The second kappa shape index (κ2) is 5.55. The molecule has 2 atom stereocenters. The van der Waals surface area contributed by atoms with Gasteiger partial charge in [-0.05, 0) is 6.92 Å². The Bertz CT molecular complexity index is 222.